The zero-order valence-corrected chi connectivity index (χ0v) is 20.8. The molecular formula is C30H29FN2O4. The fourth-order valence-electron chi connectivity index (χ4n) is 4.69. The second-order valence-corrected chi connectivity index (χ2v) is 8.83. The molecule has 1 aliphatic heterocycles. The van der Waals surface area contributed by atoms with Crippen LogP contribution in [0.4, 0.5) is 4.39 Å². The number of halogens is 1. The third-order valence-electron chi connectivity index (χ3n) is 6.44. The van der Waals surface area contributed by atoms with Crippen molar-refractivity contribution in [3.8, 4) is 0 Å². The first-order valence-electron chi connectivity index (χ1n) is 12.2. The number of hydrogen-bond acceptors (Lipinski definition) is 4. The maximum atomic E-state index is 14.0. The molecule has 0 fully saturated rings. The van der Waals surface area contributed by atoms with Crippen molar-refractivity contribution in [2.75, 3.05) is 13.2 Å². The zero-order chi connectivity index (χ0) is 26.4. The fourth-order valence-corrected chi connectivity index (χ4v) is 4.69. The molecule has 3 aromatic rings. The van der Waals surface area contributed by atoms with E-state index in [-0.39, 0.29) is 37.0 Å². The maximum absolute atomic E-state index is 14.0. The third-order valence-corrected chi connectivity index (χ3v) is 6.44. The number of benzene rings is 3. The average molecular weight is 501 g/mol. The first kappa shape index (κ1) is 25.8. The number of carbonyl (C=O) groups is 3. The summed E-state index contributed by atoms with van der Waals surface area (Å²) in [6.07, 6.45) is -0.0803. The van der Waals surface area contributed by atoms with Crippen molar-refractivity contribution in [2.45, 2.75) is 32.2 Å². The van der Waals surface area contributed by atoms with Gasteiger partial charge in [-0.25, -0.2) is 9.18 Å². The molecule has 1 heterocycles. The number of carbonyl (C=O) groups excluding carboxylic acids is 3. The van der Waals surface area contributed by atoms with Gasteiger partial charge < -0.3 is 15.0 Å². The molecule has 0 aromatic heterocycles. The first-order chi connectivity index (χ1) is 17.9. The van der Waals surface area contributed by atoms with Crippen LogP contribution in [-0.2, 0) is 19.1 Å². The molecule has 0 saturated carbocycles. The number of nitrogens with zero attached hydrogens (tertiary/aromatic N) is 1. The molecule has 0 spiro atoms. The molecule has 6 nitrogen and oxygen atoms in total. The van der Waals surface area contributed by atoms with Crippen molar-refractivity contribution < 1.29 is 23.5 Å². The van der Waals surface area contributed by atoms with Crippen LogP contribution in [0, 0.1) is 5.82 Å². The molecule has 0 bridgehead atoms. The second kappa shape index (κ2) is 11.6. The number of amides is 2. The van der Waals surface area contributed by atoms with Crippen LogP contribution >= 0.6 is 0 Å². The maximum Gasteiger partial charge on any atom is 0.336 e. The van der Waals surface area contributed by atoms with E-state index in [2.05, 4.69) is 5.32 Å². The summed E-state index contributed by atoms with van der Waals surface area (Å²) < 4.78 is 19.2. The zero-order valence-electron chi connectivity index (χ0n) is 20.8. The highest BCUT2D eigenvalue weighted by Gasteiger charge is 2.38. The molecule has 1 atom stereocenters. The van der Waals surface area contributed by atoms with E-state index in [1.165, 1.54) is 17.0 Å². The van der Waals surface area contributed by atoms with E-state index in [9.17, 15) is 18.8 Å². The lowest BCUT2D eigenvalue weighted by atomic mass is 9.83. The highest BCUT2D eigenvalue weighted by atomic mass is 19.1. The SMILES string of the molecule is CCOC(=O)C1=C(C)N(CC(=O)NC(c2ccccc2)c2ccccc2)C(=O)CC1c1cccc(F)c1. The predicted octanol–water partition coefficient (Wildman–Crippen LogP) is 4.88. The van der Waals surface area contributed by atoms with Crippen LogP contribution in [0.1, 0.15) is 48.9 Å². The van der Waals surface area contributed by atoms with Crippen LogP contribution in [-0.4, -0.2) is 35.8 Å². The monoisotopic (exact) mass is 500 g/mol. The number of allylic oxidation sites excluding steroid dienone is 1. The molecule has 1 aliphatic rings. The molecule has 0 saturated heterocycles. The Labute approximate surface area is 215 Å². The largest absolute Gasteiger partial charge is 0.463 e. The Bertz CT molecular complexity index is 1270. The normalized spacial score (nSPS) is 15.6. The van der Waals surface area contributed by atoms with E-state index in [0.717, 1.165) is 11.1 Å². The minimum Gasteiger partial charge on any atom is -0.463 e. The van der Waals surface area contributed by atoms with Crippen molar-refractivity contribution in [3.05, 3.63) is 119 Å². The minimum absolute atomic E-state index is 0.0803. The van der Waals surface area contributed by atoms with Crippen LogP contribution in [0.5, 0.6) is 0 Å². The van der Waals surface area contributed by atoms with Crippen LogP contribution < -0.4 is 5.32 Å². The Balaban J connectivity index is 1.63. The molecule has 3 aromatic carbocycles. The van der Waals surface area contributed by atoms with Gasteiger partial charge in [0.05, 0.1) is 18.2 Å². The van der Waals surface area contributed by atoms with Gasteiger partial charge in [0.1, 0.15) is 12.4 Å². The lowest BCUT2D eigenvalue weighted by Crippen LogP contribution is -2.45. The van der Waals surface area contributed by atoms with Crippen LogP contribution in [0.25, 0.3) is 0 Å². The Morgan fingerprint density at radius 3 is 2.19 bits per heavy atom. The highest BCUT2D eigenvalue weighted by molar-refractivity contribution is 5.97. The van der Waals surface area contributed by atoms with Gasteiger partial charge in [-0.05, 0) is 42.7 Å². The number of esters is 1. The topological polar surface area (TPSA) is 75.7 Å². The van der Waals surface area contributed by atoms with E-state index in [0.29, 0.717) is 11.3 Å². The fraction of sp³-hybridized carbons (Fsp3) is 0.233. The molecule has 0 aliphatic carbocycles. The lowest BCUT2D eigenvalue weighted by Gasteiger charge is -2.34. The van der Waals surface area contributed by atoms with Crippen molar-refractivity contribution in [1.82, 2.24) is 10.2 Å². The van der Waals surface area contributed by atoms with E-state index >= 15 is 0 Å². The summed E-state index contributed by atoms with van der Waals surface area (Å²) in [4.78, 5) is 40.8. The number of nitrogens with one attached hydrogen (secondary N) is 1. The molecule has 2 amide bonds. The van der Waals surface area contributed by atoms with Crippen molar-refractivity contribution >= 4 is 17.8 Å². The molecule has 4 rings (SSSR count). The van der Waals surface area contributed by atoms with Gasteiger partial charge in [0.2, 0.25) is 11.8 Å². The van der Waals surface area contributed by atoms with E-state index < -0.39 is 23.7 Å². The summed E-state index contributed by atoms with van der Waals surface area (Å²) in [7, 11) is 0. The molecule has 37 heavy (non-hydrogen) atoms. The summed E-state index contributed by atoms with van der Waals surface area (Å²) in [5.41, 5.74) is 2.89. The standard InChI is InChI=1S/C30H29FN2O4/c1-3-37-30(36)28-20(2)33(27(35)18-25(28)23-15-10-16-24(31)17-23)19-26(34)32-29(21-11-6-4-7-12-21)22-13-8-5-9-14-22/h4-17,25,29H,3,18-19H2,1-2H3,(H,32,34). The summed E-state index contributed by atoms with van der Waals surface area (Å²) in [6.45, 7) is 3.20. The van der Waals surface area contributed by atoms with E-state index in [4.69, 9.17) is 4.74 Å². The number of ether oxygens (including phenoxy) is 1. The molecule has 0 radical (unpaired) electrons. The van der Waals surface area contributed by atoms with Crippen molar-refractivity contribution in [3.63, 3.8) is 0 Å². The quantitative estimate of drug-likeness (QED) is 0.447. The summed E-state index contributed by atoms with van der Waals surface area (Å²) in [5, 5.41) is 3.04. The Kier molecular flexibility index (Phi) is 8.13. The van der Waals surface area contributed by atoms with Crippen LogP contribution in [0.3, 0.4) is 0 Å². The number of hydrogen-bond donors (Lipinski definition) is 1. The van der Waals surface area contributed by atoms with Crippen LogP contribution in [0.2, 0.25) is 0 Å². The van der Waals surface area contributed by atoms with Gasteiger partial charge >= 0.3 is 5.97 Å². The summed E-state index contributed by atoms with van der Waals surface area (Å²) >= 11 is 0. The Morgan fingerprint density at radius 1 is 1.00 bits per heavy atom. The van der Waals surface area contributed by atoms with Gasteiger partial charge in [-0.15, -0.1) is 0 Å². The van der Waals surface area contributed by atoms with Crippen molar-refractivity contribution in [1.29, 1.82) is 0 Å². The minimum atomic E-state index is -0.664. The molecule has 1 N–H and O–H groups in total. The van der Waals surface area contributed by atoms with Gasteiger partial charge in [0, 0.05) is 18.0 Å². The van der Waals surface area contributed by atoms with E-state index in [1.54, 1.807) is 26.0 Å². The number of rotatable bonds is 8. The average Bonchev–Trinajstić information content (AvgIpc) is 2.90. The van der Waals surface area contributed by atoms with Gasteiger partial charge in [0.25, 0.3) is 0 Å². The van der Waals surface area contributed by atoms with Gasteiger partial charge in [-0.2, -0.15) is 0 Å². The summed E-state index contributed by atoms with van der Waals surface area (Å²) in [6, 6.07) is 24.5. The predicted molar refractivity (Wildman–Crippen MR) is 138 cm³/mol. The van der Waals surface area contributed by atoms with Gasteiger partial charge in [-0.3, -0.25) is 9.59 Å². The Morgan fingerprint density at radius 2 is 1.62 bits per heavy atom. The molecule has 7 heteroatoms. The lowest BCUT2D eigenvalue weighted by molar-refractivity contribution is -0.141. The third kappa shape index (κ3) is 5.94. The molecule has 1 unspecified atom stereocenters. The summed E-state index contributed by atoms with van der Waals surface area (Å²) in [5.74, 6) is -2.41. The van der Waals surface area contributed by atoms with Gasteiger partial charge in [-0.1, -0.05) is 72.8 Å². The Hall–Kier alpha value is -4.26. The van der Waals surface area contributed by atoms with Gasteiger partial charge in [0.15, 0.2) is 0 Å². The second-order valence-electron chi connectivity index (χ2n) is 8.83. The molecule has 190 valence electrons. The highest BCUT2D eigenvalue weighted by Crippen LogP contribution is 2.37. The van der Waals surface area contributed by atoms with E-state index in [1.807, 2.05) is 60.7 Å². The first-order valence-corrected chi connectivity index (χ1v) is 12.2. The smallest absolute Gasteiger partial charge is 0.336 e. The van der Waals surface area contributed by atoms with Crippen molar-refractivity contribution in [2.24, 2.45) is 0 Å². The molecular weight excluding hydrogens is 471 g/mol. The van der Waals surface area contributed by atoms with Crippen LogP contribution in [0.15, 0.2) is 96.2 Å².